The first-order valence-corrected chi connectivity index (χ1v) is 14.0. The van der Waals surface area contributed by atoms with Crippen molar-refractivity contribution in [2.75, 3.05) is 0 Å². The van der Waals surface area contributed by atoms with Crippen LogP contribution in [0.25, 0.3) is 38.6 Å². The van der Waals surface area contributed by atoms with Gasteiger partial charge in [0.1, 0.15) is 0 Å². The average molecular weight is 513 g/mol. The third-order valence-electron chi connectivity index (χ3n) is 9.54. The van der Waals surface area contributed by atoms with Gasteiger partial charge in [0.15, 0.2) is 0 Å². The molecule has 1 aliphatic heterocycles. The van der Waals surface area contributed by atoms with Crippen molar-refractivity contribution in [2.24, 2.45) is 0 Å². The molecule has 2 heterocycles. The van der Waals surface area contributed by atoms with Gasteiger partial charge in [-0.2, -0.15) is 0 Å². The van der Waals surface area contributed by atoms with Gasteiger partial charge in [0, 0.05) is 21.9 Å². The summed E-state index contributed by atoms with van der Waals surface area (Å²) in [5, 5.41) is 2.62. The summed E-state index contributed by atoms with van der Waals surface area (Å²) in [5.74, 6) is 0. The smallest absolute Gasteiger partial charge is 0.399 e. The highest BCUT2D eigenvalue weighted by atomic mass is 16.7. The highest BCUT2D eigenvalue weighted by Crippen LogP contribution is 2.49. The summed E-state index contributed by atoms with van der Waals surface area (Å²) in [6.07, 6.45) is 0. The zero-order valence-electron chi connectivity index (χ0n) is 24.3. The third kappa shape index (κ3) is 3.44. The molecule has 0 amide bonds. The Bertz CT molecular complexity index is 1750. The van der Waals surface area contributed by atoms with Crippen molar-refractivity contribution >= 4 is 34.4 Å². The molecular weight excluding hydrogens is 477 g/mol. The molecular formula is C35H36BNO2. The maximum Gasteiger partial charge on any atom is 0.494 e. The van der Waals surface area contributed by atoms with Crippen LogP contribution in [0.4, 0.5) is 0 Å². The number of rotatable bonds is 2. The van der Waals surface area contributed by atoms with Crippen LogP contribution in [0.2, 0.25) is 0 Å². The molecule has 3 nitrogen and oxygen atoms in total. The summed E-state index contributed by atoms with van der Waals surface area (Å²) in [6.45, 7) is 17.5. The van der Waals surface area contributed by atoms with Gasteiger partial charge in [-0.15, -0.1) is 0 Å². The van der Waals surface area contributed by atoms with Crippen molar-refractivity contribution in [3.05, 3.63) is 95.1 Å². The molecule has 0 radical (unpaired) electrons. The fourth-order valence-electron chi connectivity index (χ4n) is 6.54. The summed E-state index contributed by atoms with van der Waals surface area (Å²) < 4.78 is 15.2. The summed E-state index contributed by atoms with van der Waals surface area (Å²) in [7, 11) is -0.361. The first-order valence-electron chi connectivity index (χ1n) is 14.0. The minimum Gasteiger partial charge on any atom is -0.399 e. The van der Waals surface area contributed by atoms with Crippen molar-refractivity contribution in [1.29, 1.82) is 0 Å². The monoisotopic (exact) mass is 513 g/mol. The molecule has 196 valence electrons. The topological polar surface area (TPSA) is 23.4 Å². The first-order chi connectivity index (χ1) is 18.4. The second-order valence-electron chi connectivity index (χ2n) is 13.1. The molecule has 0 spiro atoms. The van der Waals surface area contributed by atoms with E-state index in [-0.39, 0.29) is 23.7 Å². The highest BCUT2D eigenvalue weighted by molar-refractivity contribution is 6.62. The molecule has 1 aliphatic carbocycles. The van der Waals surface area contributed by atoms with Gasteiger partial charge in [-0.1, -0.05) is 61.4 Å². The van der Waals surface area contributed by atoms with Gasteiger partial charge in [0.25, 0.3) is 0 Å². The van der Waals surface area contributed by atoms with Crippen LogP contribution in [0.5, 0.6) is 0 Å². The van der Waals surface area contributed by atoms with Gasteiger partial charge in [-0.05, 0) is 106 Å². The van der Waals surface area contributed by atoms with Crippen molar-refractivity contribution in [3.63, 3.8) is 0 Å². The molecule has 4 heteroatoms. The Kier molecular flexibility index (Phi) is 4.98. The lowest BCUT2D eigenvalue weighted by Gasteiger charge is -2.32. The van der Waals surface area contributed by atoms with Crippen LogP contribution in [0.15, 0.2) is 72.8 Å². The summed E-state index contributed by atoms with van der Waals surface area (Å²) in [6, 6.07) is 27.4. The van der Waals surface area contributed by atoms with Gasteiger partial charge in [-0.25, -0.2) is 0 Å². The van der Waals surface area contributed by atoms with Crippen LogP contribution in [0, 0.1) is 13.8 Å². The predicted octanol–water partition coefficient (Wildman–Crippen LogP) is 8.01. The van der Waals surface area contributed by atoms with Gasteiger partial charge in [-0.3, -0.25) is 0 Å². The van der Waals surface area contributed by atoms with Crippen molar-refractivity contribution in [3.8, 4) is 16.8 Å². The zero-order chi connectivity index (χ0) is 27.5. The number of nitrogens with zero attached hydrogens (tertiary/aromatic N) is 1. The van der Waals surface area contributed by atoms with Crippen LogP contribution in [0.3, 0.4) is 0 Å². The Balaban J connectivity index is 1.36. The van der Waals surface area contributed by atoms with E-state index in [1.54, 1.807) is 0 Å². The maximum absolute atomic E-state index is 6.40. The summed E-state index contributed by atoms with van der Waals surface area (Å²) in [4.78, 5) is 0. The molecule has 1 fully saturated rings. The highest BCUT2D eigenvalue weighted by Gasteiger charge is 2.52. The average Bonchev–Trinajstić information content (AvgIpc) is 3.40. The molecule has 0 saturated carbocycles. The second kappa shape index (κ2) is 7.87. The summed E-state index contributed by atoms with van der Waals surface area (Å²) in [5.41, 5.74) is 11.8. The zero-order valence-corrected chi connectivity index (χ0v) is 24.3. The number of aromatic nitrogens is 1. The molecule has 7 rings (SSSR count). The molecule has 0 bridgehead atoms. The second-order valence-corrected chi connectivity index (χ2v) is 13.1. The van der Waals surface area contributed by atoms with Gasteiger partial charge in [0.05, 0.1) is 22.2 Å². The maximum atomic E-state index is 6.40. The van der Waals surface area contributed by atoms with Crippen LogP contribution in [-0.2, 0) is 14.7 Å². The lowest BCUT2D eigenvalue weighted by atomic mass is 9.74. The molecule has 1 saturated heterocycles. The first kappa shape index (κ1) is 24.7. The normalized spacial score (nSPS) is 18.6. The van der Waals surface area contributed by atoms with Crippen LogP contribution >= 0.6 is 0 Å². The van der Waals surface area contributed by atoms with Gasteiger partial charge >= 0.3 is 7.12 Å². The molecule has 0 atom stereocenters. The molecule has 1 aromatic heterocycles. The van der Waals surface area contributed by atoms with Gasteiger partial charge < -0.3 is 13.9 Å². The van der Waals surface area contributed by atoms with E-state index in [0.29, 0.717) is 0 Å². The van der Waals surface area contributed by atoms with Crippen LogP contribution in [-0.4, -0.2) is 22.9 Å². The van der Waals surface area contributed by atoms with Crippen LogP contribution < -0.4 is 5.46 Å². The van der Waals surface area contributed by atoms with E-state index in [2.05, 4.69) is 133 Å². The molecule has 39 heavy (non-hydrogen) atoms. The Hall–Kier alpha value is -3.34. The van der Waals surface area contributed by atoms with E-state index >= 15 is 0 Å². The third-order valence-corrected chi connectivity index (χ3v) is 9.54. The Morgan fingerprint density at radius 3 is 1.67 bits per heavy atom. The standard InChI is InChI=1S/C35H36BNO2/c1-21-9-15-31-27(17-21)28-18-22(2)10-16-32(28)37(31)24-12-14-26-25-13-11-23(19-29(25)33(3,4)30(26)20-24)36-38-34(5,6)35(7,8)39-36/h9-20H,1-8H3. The number of fused-ring (bicyclic) bond motifs is 6. The Labute approximate surface area is 231 Å². The minimum absolute atomic E-state index is 0.147. The Morgan fingerprint density at radius 1 is 0.590 bits per heavy atom. The van der Waals surface area contributed by atoms with Crippen LogP contribution in [0.1, 0.15) is 63.8 Å². The van der Waals surface area contributed by atoms with Gasteiger partial charge in [0.2, 0.25) is 0 Å². The number of aryl methyl sites for hydroxylation is 2. The minimum atomic E-state index is -0.361. The lowest BCUT2D eigenvalue weighted by Crippen LogP contribution is -2.41. The fourth-order valence-corrected chi connectivity index (χ4v) is 6.54. The number of hydrogen-bond acceptors (Lipinski definition) is 2. The van der Waals surface area contributed by atoms with E-state index < -0.39 is 0 Å². The van der Waals surface area contributed by atoms with E-state index in [1.807, 2.05) is 0 Å². The SMILES string of the molecule is Cc1ccc2c(c1)c1cc(C)ccc1n2-c1ccc2c(c1)C(C)(C)c1cc(B3OC(C)(C)C(C)(C)O3)ccc1-2. The van der Waals surface area contributed by atoms with Crippen molar-refractivity contribution in [1.82, 2.24) is 4.57 Å². The molecule has 0 unspecified atom stereocenters. The summed E-state index contributed by atoms with van der Waals surface area (Å²) >= 11 is 0. The Morgan fingerprint density at radius 2 is 1.10 bits per heavy atom. The molecule has 4 aromatic carbocycles. The predicted molar refractivity (Wildman–Crippen MR) is 164 cm³/mol. The fraction of sp³-hybridized carbons (Fsp3) is 0.314. The van der Waals surface area contributed by atoms with Crippen molar-refractivity contribution < 1.29 is 9.31 Å². The number of hydrogen-bond donors (Lipinski definition) is 0. The van der Waals surface area contributed by atoms with E-state index in [0.717, 1.165) is 5.46 Å². The van der Waals surface area contributed by atoms with E-state index in [1.165, 1.54) is 60.9 Å². The van der Waals surface area contributed by atoms with E-state index in [4.69, 9.17) is 9.31 Å². The van der Waals surface area contributed by atoms with E-state index in [9.17, 15) is 0 Å². The molecule has 2 aliphatic rings. The number of benzene rings is 4. The largest absolute Gasteiger partial charge is 0.494 e. The quantitative estimate of drug-likeness (QED) is 0.223. The molecule has 5 aromatic rings. The lowest BCUT2D eigenvalue weighted by molar-refractivity contribution is 0.00578. The van der Waals surface area contributed by atoms with Crippen molar-refractivity contribution in [2.45, 2.75) is 72.0 Å². The molecule has 0 N–H and O–H groups in total.